The molecule has 23 heavy (non-hydrogen) atoms. The number of carbonyl (C=O) groups excluding carboxylic acids is 1. The standard InChI is InChI=1S/C15H20N6O2/c22-13-7-11(8-13)14(9-12-3-1-2-5-16-12)18-15(23)4-6-21-10-17-19-20-21/h1-3,5,10-11,13-14,22H,4,6-9H2,(H,18,23). The van der Waals surface area contributed by atoms with Crippen molar-refractivity contribution in [1.82, 2.24) is 30.5 Å². The molecular weight excluding hydrogens is 296 g/mol. The quantitative estimate of drug-likeness (QED) is 0.742. The summed E-state index contributed by atoms with van der Waals surface area (Å²) < 4.78 is 1.53. The van der Waals surface area contributed by atoms with Crippen molar-refractivity contribution in [2.75, 3.05) is 0 Å². The van der Waals surface area contributed by atoms with Gasteiger partial charge in [-0.2, -0.15) is 0 Å². The third kappa shape index (κ3) is 4.32. The molecule has 0 bridgehead atoms. The molecule has 1 unspecified atom stereocenters. The minimum Gasteiger partial charge on any atom is -0.393 e. The monoisotopic (exact) mass is 316 g/mol. The fourth-order valence-electron chi connectivity index (χ4n) is 2.82. The number of aliphatic hydroxyl groups is 1. The lowest BCUT2D eigenvalue weighted by Crippen LogP contribution is -2.48. The maximum atomic E-state index is 12.2. The van der Waals surface area contributed by atoms with Gasteiger partial charge in [0.1, 0.15) is 6.33 Å². The van der Waals surface area contributed by atoms with Crippen LogP contribution in [0.3, 0.4) is 0 Å². The van der Waals surface area contributed by atoms with Crippen molar-refractivity contribution in [2.45, 2.75) is 44.4 Å². The molecule has 1 saturated carbocycles. The Balaban J connectivity index is 1.55. The summed E-state index contributed by atoms with van der Waals surface area (Å²) in [7, 11) is 0. The highest BCUT2D eigenvalue weighted by Crippen LogP contribution is 2.31. The van der Waals surface area contributed by atoms with E-state index in [1.54, 1.807) is 6.20 Å². The number of nitrogens with one attached hydrogen (secondary N) is 1. The van der Waals surface area contributed by atoms with Crippen LogP contribution in [-0.2, 0) is 17.8 Å². The van der Waals surface area contributed by atoms with E-state index in [0.717, 1.165) is 18.5 Å². The Labute approximate surface area is 133 Å². The molecule has 8 nitrogen and oxygen atoms in total. The van der Waals surface area contributed by atoms with E-state index in [-0.39, 0.29) is 18.1 Å². The largest absolute Gasteiger partial charge is 0.393 e. The smallest absolute Gasteiger partial charge is 0.222 e. The summed E-state index contributed by atoms with van der Waals surface area (Å²) >= 11 is 0. The SMILES string of the molecule is O=C(CCn1cnnn1)NC(Cc1ccccn1)C1CC(O)C1. The molecule has 1 amide bonds. The molecule has 2 N–H and O–H groups in total. The summed E-state index contributed by atoms with van der Waals surface area (Å²) in [5.41, 5.74) is 0.944. The fourth-order valence-corrected chi connectivity index (χ4v) is 2.82. The number of hydrogen-bond donors (Lipinski definition) is 2. The number of aliphatic hydroxyl groups excluding tert-OH is 1. The average Bonchev–Trinajstić information content (AvgIpc) is 3.04. The van der Waals surface area contributed by atoms with Crippen molar-refractivity contribution < 1.29 is 9.90 Å². The maximum absolute atomic E-state index is 12.2. The number of aromatic nitrogens is 5. The first-order chi connectivity index (χ1) is 11.2. The van der Waals surface area contributed by atoms with Gasteiger partial charge in [-0.25, -0.2) is 4.68 Å². The number of hydrogen-bond acceptors (Lipinski definition) is 6. The fraction of sp³-hybridized carbons (Fsp3) is 0.533. The molecule has 0 spiro atoms. The van der Waals surface area contributed by atoms with Crippen LogP contribution in [0.1, 0.15) is 25.0 Å². The van der Waals surface area contributed by atoms with Crippen molar-refractivity contribution in [3.63, 3.8) is 0 Å². The number of carbonyl (C=O) groups is 1. The summed E-state index contributed by atoms with van der Waals surface area (Å²) in [5.74, 6) is 0.256. The predicted octanol–water partition coefficient (Wildman–Crippen LogP) is -0.0434. The Kier molecular flexibility index (Phi) is 4.92. The van der Waals surface area contributed by atoms with Gasteiger partial charge in [-0.3, -0.25) is 9.78 Å². The van der Waals surface area contributed by atoms with Crippen LogP contribution in [0, 0.1) is 5.92 Å². The molecule has 1 atom stereocenters. The van der Waals surface area contributed by atoms with Crippen LogP contribution in [-0.4, -0.2) is 48.4 Å². The highest BCUT2D eigenvalue weighted by atomic mass is 16.3. The molecule has 1 aliphatic rings. The second-order valence-electron chi connectivity index (χ2n) is 5.91. The van der Waals surface area contributed by atoms with E-state index in [0.29, 0.717) is 25.3 Å². The zero-order valence-corrected chi connectivity index (χ0v) is 12.7. The van der Waals surface area contributed by atoms with E-state index in [2.05, 4.69) is 25.8 Å². The van der Waals surface area contributed by atoms with Gasteiger partial charge in [-0.05, 0) is 41.3 Å². The van der Waals surface area contributed by atoms with Crippen LogP contribution < -0.4 is 5.32 Å². The summed E-state index contributed by atoms with van der Waals surface area (Å²) in [6.45, 7) is 0.447. The lowest BCUT2D eigenvalue weighted by Gasteiger charge is -2.38. The third-order valence-corrected chi connectivity index (χ3v) is 4.18. The summed E-state index contributed by atoms with van der Waals surface area (Å²) in [6.07, 6.45) is 5.44. The zero-order chi connectivity index (χ0) is 16.1. The lowest BCUT2D eigenvalue weighted by molar-refractivity contribution is -0.123. The van der Waals surface area contributed by atoms with Crippen LogP contribution in [0.15, 0.2) is 30.7 Å². The Hall–Kier alpha value is -2.35. The third-order valence-electron chi connectivity index (χ3n) is 4.18. The molecule has 8 heteroatoms. The molecule has 122 valence electrons. The van der Waals surface area contributed by atoms with Gasteiger partial charge in [0, 0.05) is 30.8 Å². The van der Waals surface area contributed by atoms with Crippen molar-refractivity contribution in [2.24, 2.45) is 5.92 Å². The molecule has 0 aromatic carbocycles. The normalized spacial score (nSPS) is 21.4. The van der Waals surface area contributed by atoms with Gasteiger partial charge < -0.3 is 10.4 Å². The summed E-state index contributed by atoms with van der Waals surface area (Å²) in [4.78, 5) is 16.5. The van der Waals surface area contributed by atoms with E-state index >= 15 is 0 Å². The molecule has 1 fully saturated rings. The number of nitrogens with zero attached hydrogens (tertiary/aromatic N) is 5. The summed E-state index contributed by atoms with van der Waals surface area (Å²) in [6, 6.07) is 5.76. The minimum absolute atomic E-state index is 0.00493. The van der Waals surface area contributed by atoms with Gasteiger partial charge in [0.25, 0.3) is 0 Å². The van der Waals surface area contributed by atoms with Crippen molar-refractivity contribution in [3.8, 4) is 0 Å². The van der Waals surface area contributed by atoms with Crippen LogP contribution in [0.4, 0.5) is 0 Å². The highest BCUT2D eigenvalue weighted by Gasteiger charge is 2.34. The molecule has 1 aliphatic carbocycles. The predicted molar refractivity (Wildman–Crippen MR) is 81.0 cm³/mol. The molecule has 2 aromatic heterocycles. The molecule has 0 aliphatic heterocycles. The van der Waals surface area contributed by atoms with Gasteiger partial charge in [-0.15, -0.1) is 5.10 Å². The Bertz CT molecular complexity index is 612. The molecule has 2 aromatic rings. The minimum atomic E-state index is -0.246. The highest BCUT2D eigenvalue weighted by molar-refractivity contribution is 5.76. The Morgan fingerprint density at radius 2 is 2.30 bits per heavy atom. The first-order valence-electron chi connectivity index (χ1n) is 7.79. The van der Waals surface area contributed by atoms with Crippen LogP contribution in [0.25, 0.3) is 0 Å². The first-order valence-corrected chi connectivity index (χ1v) is 7.79. The van der Waals surface area contributed by atoms with Gasteiger partial charge in [-0.1, -0.05) is 6.07 Å². The number of pyridine rings is 1. The van der Waals surface area contributed by atoms with E-state index in [4.69, 9.17) is 0 Å². The number of tetrazole rings is 1. The van der Waals surface area contributed by atoms with Crippen molar-refractivity contribution in [3.05, 3.63) is 36.4 Å². The number of amides is 1. The van der Waals surface area contributed by atoms with Gasteiger partial charge in [0.15, 0.2) is 0 Å². The topological polar surface area (TPSA) is 106 Å². The Morgan fingerprint density at radius 3 is 2.96 bits per heavy atom. The van der Waals surface area contributed by atoms with Gasteiger partial charge in [0.05, 0.1) is 12.6 Å². The summed E-state index contributed by atoms with van der Waals surface area (Å²) in [5, 5.41) is 23.4. The lowest BCUT2D eigenvalue weighted by atomic mass is 9.76. The van der Waals surface area contributed by atoms with Crippen molar-refractivity contribution >= 4 is 5.91 Å². The molecule has 3 rings (SSSR count). The van der Waals surface area contributed by atoms with Crippen molar-refractivity contribution in [1.29, 1.82) is 0 Å². The first kappa shape index (κ1) is 15.5. The van der Waals surface area contributed by atoms with E-state index < -0.39 is 0 Å². The van der Waals surface area contributed by atoms with Gasteiger partial charge in [0.2, 0.25) is 5.91 Å². The Morgan fingerprint density at radius 1 is 1.43 bits per heavy atom. The molecular formula is C15H20N6O2. The molecule has 0 radical (unpaired) electrons. The maximum Gasteiger partial charge on any atom is 0.222 e. The van der Waals surface area contributed by atoms with Gasteiger partial charge >= 0.3 is 0 Å². The molecule has 0 saturated heterocycles. The van der Waals surface area contributed by atoms with E-state index in [1.165, 1.54) is 11.0 Å². The van der Waals surface area contributed by atoms with Crippen LogP contribution >= 0.6 is 0 Å². The van der Waals surface area contributed by atoms with Crippen LogP contribution in [0.5, 0.6) is 0 Å². The molecule has 2 heterocycles. The van der Waals surface area contributed by atoms with Crippen LogP contribution in [0.2, 0.25) is 0 Å². The number of rotatable bonds is 7. The number of aryl methyl sites for hydroxylation is 1. The van der Waals surface area contributed by atoms with E-state index in [1.807, 2.05) is 18.2 Å². The van der Waals surface area contributed by atoms with E-state index in [9.17, 15) is 9.90 Å². The zero-order valence-electron chi connectivity index (χ0n) is 12.7. The average molecular weight is 316 g/mol. The second kappa shape index (κ2) is 7.28. The second-order valence-corrected chi connectivity index (χ2v) is 5.91.